The summed E-state index contributed by atoms with van der Waals surface area (Å²) in [5, 5.41) is 8.04. The maximum Gasteiger partial charge on any atom is 0.191 e. The second kappa shape index (κ2) is 10.4. The van der Waals surface area contributed by atoms with Gasteiger partial charge in [-0.2, -0.15) is 0 Å². The van der Waals surface area contributed by atoms with Gasteiger partial charge in [-0.25, -0.2) is 18.4 Å². The molecule has 1 aliphatic carbocycles. The molecule has 0 amide bonds. The minimum Gasteiger partial charge on any atom is -0.356 e. The Balaban J connectivity index is 0.00000261. The Morgan fingerprint density at radius 2 is 1.96 bits per heavy atom. The van der Waals surface area contributed by atoms with Gasteiger partial charge in [-0.1, -0.05) is 19.3 Å². The van der Waals surface area contributed by atoms with Crippen LogP contribution in [-0.2, 0) is 16.4 Å². The lowest BCUT2D eigenvalue weighted by Crippen LogP contribution is -2.45. The number of halogens is 1. The van der Waals surface area contributed by atoms with E-state index in [2.05, 4.69) is 15.6 Å². The quantitative estimate of drug-likeness (QED) is 0.350. The fraction of sp³-hybridized carbons (Fsp3) is 0.778. The van der Waals surface area contributed by atoms with E-state index in [1.165, 1.54) is 37.0 Å². The van der Waals surface area contributed by atoms with Gasteiger partial charge in [0.05, 0.1) is 28.8 Å². The summed E-state index contributed by atoms with van der Waals surface area (Å²) in [6.45, 7) is 5.32. The van der Waals surface area contributed by atoms with E-state index in [0.29, 0.717) is 30.6 Å². The summed E-state index contributed by atoms with van der Waals surface area (Å²) in [4.78, 5) is 10.4. The monoisotopic (exact) mass is 526 g/mol. The summed E-state index contributed by atoms with van der Waals surface area (Å²) in [7, 11) is -2.84. The molecule has 1 atom stereocenters. The third kappa shape index (κ3) is 7.16. The van der Waals surface area contributed by atoms with Crippen LogP contribution in [0.4, 0.5) is 0 Å². The number of aliphatic imine (C=N–C) groups is 1. The van der Waals surface area contributed by atoms with Crippen molar-refractivity contribution in [2.75, 3.05) is 18.1 Å². The van der Waals surface area contributed by atoms with Crippen molar-refractivity contribution in [3.8, 4) is 0 Å². The minimum atomic E-state index is -2.84. The molecule has 0 bridgehead atoms. The van der Waals surface area contributed by atoms with E-state index in [4.69, 9.17) is 4.99 Å². The van der Waals surface area contributed by atoms with Crippen molar-refractivity contribution in [1.82, 2.24) is 15.6 Å². The molecular formula is C18H31IN4O2S2. The molecule has 6 nitrogen and oxygen atoms in total. The molecule has 2 heterocycles. The van der Waals surface area contributed by atoms with E-state index < -0.39 is 9.84 Å². The molecule has 2 N–H and O–H groups in total. The molecule has 1 saturated carbocycles. The largest absolute Gasteiger partial charge is 0.356 e. The first-order chi connectivity index (χ1) is 12.4. The molecular weight excluding hydrogens is 495 g/mol. The lowest BCUT2D eigenvalue weighted by molar-refractivity contribution is 0.408. The Morgan fingerprint density at radius 3 is 2.56 bits per heavy atom. The van der Waals surface area contributed by atoms with E-state index in [-0.39, 0.29) is 29.9 Å². The second-order valence-electron chi connectivity index (χ2n) is 7.54. The van der Waals surface area contributed by atoms with Gasteiger partial charge in [0, 0.05) is 17.5 Å². The van der Waals surface area contributed by atoms with Gasteiger partial charge in [-0.3, -0.25) is 0 Å². The fourth-order valence-electron chi connectivity index (χ4n) is 3.74. The van der Waals surface area contributed by atoms with Crippen LogP contribution < -0.4 is 10.6 Å². The lowest BCUT2D eigenvalue weighted by atomic mass is 9.96. The number of sulfone groups is 1. The molecule has 1 aromatic rings. The third-order valence-electron chi connectivity index (χ3n) is 5.21. The first-order valence-electron chi connectivity index (χ1n) is 9.59. The predicted molar refractivity (Wildman–Crippen MR) is 123 cm³/mol. The molecule has 0 spiro atoms. The van der Waals surface area contributed by atoms with Crippen LogP contribution in [0.2, 0.25) is 0 Å². The molecule has 0 aromatic carbocycles. The zero-order chi connectivity index (χ0) is 18.6. The van der Waals surface area contributed by atoms with Gasteiger partial charge < -0.3 is 10.6 Å². The Bertz CT molecular complexity index is 743. The fourth-order valence-corrected chi connectivity index (χ4v) is 6.46. The number of rotatable bonds is 5. The van der Waals surface area contributed by atoms with Crippen LogP contribution in [-0.4, -0.2) is 43.5 Å². The molecule has 1 saturated heterocycles. The summed E-state index contributed by atoms with van der Waals surface area (Å²) in [6.07, 6.45) is 6.95. The zero-order valence-electron chi connectivity index (χ0n) is 16.2. The van der Waals surface area contributed by atoms with Gasteiger partial charge in [-0.05, 0) is 39.0 Å². The molecule has 2 fully saturated rings. The Labute approximate surface area is 184 Å². The molecule has 27 heavy (non-hydrogen) atoms. The van der Waals surface area contributed by atoms with Crippen LogP contribution in [0.1, 0.15) is 54.1 Å². The highest BCUT2D eigenvalue weighted by atomic mass is 127. The van der Waals surface area contributed by atoms with Crippen molar-refractivity contribution in [3.05, 3.63) is 15.6 Å². The van der Waals surface area contributed by atoms with E-state index in [0.717, 1.165) is 23.1 Å². The standard InChI is InChI=1S/C18H30N4O2S2.HI/c1-13-17(25-14(2)21-13)11-20-18(22-16-6-4-3-5-7-16)19-10-15-8-9-26(23,24)12-15;/h15-16H,3-12H2,1-2H3,(H2,19,20,22);1H. The highest BCUT2D eigenvalue weighted by Gasteiger charge is 2.28. The SMILES string of the molecule is Cc1nc(C)c(CN=C(NCC2CCS(=O)(=O)C2)NC2CCCCC2)s1.I. The van der Waals surface area contributed by atoms with E-state index in [1.807, 2.05) is 13.8 Å². The number of hydrogen-bond donors (Lipinski definition) is 2. The molecule has 1 unspecified atom stereocenters. The Morgan fingerprint density at radius 1 is 1.22 bits per heavy atom. The highest BCUT2D eigenvalue weighted by Crippen LogP contribution is 2.20. The van der Waals surface area contributed by atoms with Crippen molar-refractivity contribution in [2.45, 2.75) is 65.0 Å². The number of thiazole rings is 1. The highest BCUT2D eigenvalue weighted by molar-refractivity contribution is 14.0. The topological polar surface area (TPSA) is 83.5 Å². The van der Waals surface area contributed by atoms with Crippen LogP contribution in [0.3, 0.4) is 0 Å². The number of hydrogen-bond acceptors (Lipinski definition) is 5. The third-order valence-corrected chi connectivity index (χ3v) is 8.11. The van der Waals surface area contributed by atoms with Crippen LogP contribution in [0.25, 0.3) is 0 Å². The van der Waals surface area contributed by atoms with Crippen LogP contribution in [0, 0.1) is 19.8 Å². The first kappa shape index (κ1) is 22.9. The van der Waals surface area contributed by atoms with E-state index >= 15 is 0 Å². The van der Waals surface area contributed by atoms with Gasteiger partial charge in [0.2, 0.25) is 0 Å². The average Bonchev–Trinajstić information content (AvgIpc) is 3.11. The zero-order valence-corrected chi connectivity index (χ0v) is 20.1. The van der Waals surface area contributed by atoms with Crippen molar-refractivity contribution in [2.24, 2.45) is 10.9 Å². The van der Waals surface area contributed by atoms with Crippen molar-refractivity contribution >= 4 is 51.1 Å². The number of guanidine groups is 1. The lowest BCUT2D eigenvalue weighted by Gasteiger charge is -2.25. The summed E-state index contributed by atoms with van der Waals surface area (Å²) in [6, 6.07) is 0.464. The smallest absolute Gasteiger partial charge is 0.191 e. The molecule has 1 aliphatic heterocycles. The van der Waals surface area contributed by atoms with Crippen molar-refractivity contribution in [3.63, 3.8) is 0 Å². The van der Waals surface area contributed by atoms with Gasteiger partial charge in [0.15, 0.2) is 15.8 Å². The molecule has 9 heteroatoms. The summed E-state index contributed by atoms with van der Waals surface area (Å²) in [5.41, 5.74) is 1.05. The van der Waals surface area contributed by atoms with E-state index in [9.17, 15) is 8.42 Å². The number of nitrogens with one attached hydrogen (secondary N) is 2. The van der Waals surface area contributed by atoms with Crippen molar-refractivity contribution < 1.29 is 8.42 Å². The maximum atomic E-state index is 11.7. The summed E-state index contributed by atoms with van der Waals surface area (Å²) >= 11 is 1.69. The first-order valence-corrected chi connectivity index (χ1v) is 12.2. The Hall–Kier alpha value is -0.420. The van der Waals surface area contributed by atoms with Gasteiger partial charge >= 0.3 is 0 Å². The van der Waals surface area contributed by atoms with E-state index in [1.54, 1.807) is 11.3 Å². The second-order valence-corrected chi connectivity index (χ2v) is 11.1. The van der Waals surface area contributed by atoms with Crippen molar-refractivity contribution in [1.29, 1.82) is 0 Å². The number of nitrogens with zero attached hydrogens (tertiary/aromatic N) is 2. The minimum absolute atomic E-state index is 0. The van der Waals surface area contributed by atoms with Crippen LogP contribution in [0.15, 0.2) is 4.99 Å². The average molecular weight is 527 g/mol. The van der Waals surface area contributed by atoms with Gasteiger partial charge in [-0.15, -0.1) is 35.3 Å². The maximum absolute atomic E-state index is 11.7. The molecule has 2 aliphatic rings. The van der Waals surface area contributed by atoms with Gasteiger partial charge in [0.1, 0.15) is 0 Å². The summed E-state index contributed by atoms with van der Waals surface area (Å²) in [5.74, 6) is 1.61. The number of aryl methyl sites for hydroxylation is 2. The Kier molecular flexibility index (Phi) is 8.79. The molecule has 0 radical (unpaired) electrons. The van der Waals surface area contributed by atoms with Gasteiger partial charge in [0.25, 0.3) is 0 Å². The summed E-state index contributed by atoms with van der Waals surface area (Å²) < 4.78 is 23.3. The predicted octanol–water partition coefficient (Wildman–Crippen LogP) is 3.18. The van der Waals surface area contributed by atoms with Crippen LogP contribution >= 0.6 is 35.3 Å². The normalized spacial score (nSPS) is 23.0. The number of aromatic nitrogens is 1. The molecule has 3 rings (SSSR count). The molecule has 154 valence electrons. The van der Waals surface area contributed by atoms with Crippen LogP contribution in [0.5, 0.6) is 0 Å². The molecule has 1 aromatic heterocycles.